The van der Waals surface area contributed by atoms with Crippen molar-refractivity contribution in [1.29, 1.82) is 0 Å². The van der Waals surface area contributed by atoms with Gasteiger partial charge in [-0.05, 0) is 19.3 Å². The highest BCUT2D eigenvalue weighted by atomic mass is 16.4. The third kappa shape index (κ3) is 3.65. The van der Waals surface area contributed by atoms with Crippen LogP contribution >= 0.6 is 0 Å². The molecule has 18 heavy (non-hydrogen) atoms. The molecule has 0 fully saturated rings. The van der Waals surface area contributed by atoms with E-state index < -0.39 is 12.0 Å². The Kier molecular flexibility index (Phi) is 5.48. The van der Waals surface area contributed by atoms with Gasteiger partial charge in [0.15, 0.2) is 0 Å². The quantitative estimate of drug-likeness (QED) is 0.767. The second kappa shape index (κ2) is 6.88. The van der Waals surface area contributed by atoms with Gasteiger partial charge in [0.05, 0.1) is 11.4 Å². The molecule has 0 spiro atoms. The van der Waals surface area contributed by atoms with Crippen LogP contribution in [0.2, 0.25) is 0 Å². The molecule has 1 atom stereocenters. The molecule has 0 aliphatic carbocycles. The van der Waals surface area contributed by atoms with Crippen LogP contribution in [0.15, 0.2) is 0 Å². The first kappa shape index (κ1) is 14.3. The maximum atomic E-state index is 11.0. The summed E-state index contributed by atoms with van der Waals surface area (Å²) >= 11 is 0. The number of nitrogens with one attached hydrogen (secondary N) is 1. The lowest BCUT2D eigenvalue weighted by Gasteiger charge is -2.13. The molecule has 0 amide bonds. The number of aryl methyl sites for hydroxylation is 2. The van der Waals surface area contributed by atoms with Crippen molar-refractivity contribution in [1.82, 2.24) is 15.2 Å². The van der Waals surface area contributed by atoms with Crippen LogP contribution in [-0.2, 0) is 17.6 Å². The highest BCUT2D eigenvalue weighted by Crippen LogP contribution is 2.09. The Morgan fingerprint density at radius 1 is 1.22 bits per heavy atom. The summed E-state index contributed by atoms with van der Waals surface area (Å²) in [7, 11) is 0. The van der Waals surface area contributed by atoms with Gasteiger partial charge in [0.25, 0.3) is 0 Å². The van der Waals surface area contributed by atoms with Gasteiger partial charge in [-0.2, -0.15) is 5.10 Å². The van der Waals surface area contributed by atoms with E-state index in [4.69, 9.17) is 5.11 Å². The highest BCUT2D eigenvalue weighted by molar-refractivity contribution is 5.76. The molecule has 0 aliphatic heterocycles. The van der Waals surface area contributed by atoms with Crippen molar-refractivity contribution in [3.63, 3.8) is 0 Å². The van der Waals surface area contributed by atoms with Crippen molar-refractivity contribution in [3.8, 4) is 0 Å². The number of rotatable bonds is 7. The first-order chi connectivity index (χ1) is 8.62. The van der Waals surface area contributed by atoms with E-state index in [1.165, 1.54) is 0 Å². The lowest BCUT2D eigenvalue weighted by molar-refractivity contribution is -0.138. The third-order valence-corrected chi connectivity index (χ3v) is 2.69. The Morgan fingerprint density at radius 2 is 1.89 bits per heavy atom. The third-order valence-electron chi connectivity index (χ3n) is 2.69. The summed E-state index contributed by atoms with van der Waals surface area (Å²) in [6.45, 7) is 5.93. The number of hydrogen-bond acceptors (Lipinski definition) is 5. The predicted molar refractivity (Wildman–Crippen MR) is 68.5 cm³/mol. The molecule has 0 aromatic carbocycles. The van der Waals surface area contributed by atoms with Crippen molar-refractivity contribution in [2.75, 3.05) is 5.32 Å². The summed E-state index contributed by atoms with van der Waals surface area (Å²) in [5.74, 6) is -0.594. The summed E-state index contributed by atoms with van der Waals surface area (Å²) in [4.78, 5) is 15.4. The molecule has 2 N–H and O–H groups in total. The van der Waals surface area contributed by atoms with Gasteiger partial charge in [-0.15, -0.1) is 5.10 Å². The SMILES string of the molecule is CCCC(Nc1nnc(CC)c(CC)n1)C(=O)O. The van der Waals surface area contributed by atoms with Crippen molar-refractivity contribution < 1.29 is 9.90 Å². The Morgan fingerprint density at radius 3 is 2.39 bits per heavy atom. The second-order valence-electron chi connectivity index (χ2n) is 4.06. The average Bonchev–Trinajstić information content (AvgIpc) is 2.37. The van der Waals surface area contributed by atoms with Crippen LogP contribution in [-0.4, -0.2) is 32.3 Å². The monoisotopic (exact) mass is 252 g/mol. The summed E-state index contributed by atoms with van der Waals surface area (Å²) in [6.07, 6.45) is 2.86. The number of carboxylic acids is 1. The smallest absolute Gasteiger partial charge is 0.326 e. The molecule has 0 aliphatic rings. The number of anilines is 1. The molecule has 1 heterocycles. The fourth-order valence-electron chi connectivity index (χ4n) is 1.70. The van der Waals surface area contributed by atoms with Gasteiger partial charge in [-0.1, -0.05) is 27.2 Å². The summed E-state index contributed by atoms with van der Waals surface area (Å²) in [5.41, 5.74) is 1.74. The maximum absolute atomic E-state index is 11.0. The Balaban J connectivity index is 2.86. The van der Waals surface area contributed by atoms with Gasteiger partial charge in [0.2, 0.25) is 5.95 Å². The lowest BCUT2D eigenvalue weighted by atomic mass is 10.2. The van der Waals surface area contributed by atoms with Gasteiger partial charge in [0.1, 0.15) is 6.04 Å². The van der Waals surface area contributed by atoms with E-state index in [1.807, 2.05) is 20.8 Å². The molecular formula is C12H20N4O2. The summed E-state index contributed by atoms with van der Waals surface area (Å²) < 4.78 is 0. The molecule has 1 aromatic heterocycles. The van der Waals surface area contributed by atoms with Gasteiger partial charge < -0.3 is 10.4 Å². The molecule has 0 saturated heterocycles. The van der Waals surface area contributed by atoms with E-state index in [1.54, 1.807) is 0 Å². The van der Waals surface area contributed by atoms with Crippen LogP contribution in [0.25, 0.3) is 0 Å². The number of carbonyl (C=O) groups is 1. The molecule has 6 heteroatoms. The molecule has 1 rings (SSSR count). The Labute approximate surface area is 107 Å². The van der Waals surface area contributed by atoms with Crippen molar-refractivity contribution in [2.45, 2.75) is 52.5 Å². The minimum atomic E-state index is -0.891. The Bertz CT molecular complexity index is 409. The number of nitrogens with zero attached hydrogens (tertiary/aromatic N) is 3. The minimum Gasteiger partial charge on any atom is -0.480 e. The summed E-state index contributed by atoms with van der Waals surface area (Å²) in [6, 6.07) is -0.658. The molecule has 100 valence electrons. The Hall–Kier alpha value is -1.72. The molecule has 0 bridgehead atoms. The zero-order chi connectivity index (χ0) is 13.5. The first-order valence-electron chi connectivity index (χ1n) is 6.34. The second-order valence-corrected chi connectivity index (χ2v) is 4.06. The largest absolute Gasteiger partial charge is 0.480 e. The van der Waals surface area contributed by atoms with E-state index in [2.05, 4.69) is 20.5 Å². The van der Waals surface area contributed by atoms with E-state index in [0.29, 0.717) is 12.4 Å². The lowest BCUT2D eigenvalue weighted by Crippen LogP contribution is -2.30. The van der Waals surface area contributed by atoms with Crippen LogP contribution in [0, 0.1) is 0 Å². The molecule has 1 unspecified atom stereocenters. The van der Waals surface area contributed by atoms with Crippen LogP contribution in [0.3, 0.4) is 0 Å². The van der Waals surface area contributed by atoms with Crippen LogP contribution in [0.4, 0.5) is 5.95 Å². The molecular weight excluding hydrogens is 232 g/mol. The van der Waals surface area contributed by atoms with Crippen molar-refractivity contribution >= 4 is 11.9 Å². The first-order valence-corrected chi connectivity index (χ1v) is 6.34. The number of aliphatic carboxylic acids is 1. The number of aromatic nitrogens is 3. The van der Waals surface area contributed by atoms with Gasteiger partial charge in [-0.25, -0.2) is 9.78 Å². The zero-order valence-electron chi connectivity index (χ0n) is 11.1. The van der Waals surface area contributed by atoms with E-state index >= 15 is 0 Å². The highest BCUT2D eigenvalue weighted by Gasteiger charge is 2.17. The normalized spacial score (nSPS) is 12.2. The van der Waals surface area contributed by atoms with Crippen LogP contribution in [0.1, 0.15) is 45.0 Å². The maximum Gasteiger partial charge on any atom is 0.326 e. The van der Waals surface area contributed by atoms with Crippen LogP contribution in [0.5, 0.6) is 0 Å². The van der Waals surface area contributed by atoms with Gasteiger partial charge in [-0.3, -0.25) is 0 Å². The molecule has 6 nitrogen and oxygen atoms in total. The van der Waals surface area contributed by atoms with Gasteiger partial charge in [0, 0.05) is 0 Å². The fourth-order valence-corrected chi connectivity index (χ4v) is 1.70. The molecule has 0 saturated carbocycles. The molecule has 1 aromatic rings. The minimum absolute atomic E-state index is 0.296. The van der Waals surface area contributed by atoms with Gasteiger partial charge >= 0.3 is 5.97 Å². The topological polar surface area (TPSA) is 88.0 Å². The predicted octanol–water partition coefficient (Wildman–Crippen LogP) is 1.66. The average molecular weight is 252 g/mol. The fraction of sp³-hybridized carbons (Fsp3) is 0.667. The standard InChI is InChI=1S/C12H20N4O2/c1-4-7-10(11(17)18)14-12-13-8(5-2)9(6-3)15-16-12/h10H,4-7H2,1-3H3,(H,17,18)(H,13,14,16). The van der Waals surface area contributed by atoms with E-state index in [9.17, 15) is 4.79 Å². The van der Waals surface area contributed by atoms with E-state index in [-0.39, 0.29) is 0 Å². The zero-order valence-corrected chi connectivity index (χ0v) is 11.1. The van der Waals surface area contributed by atoms with Crippen molar-refractivity contribution in [2.24, 2.45) is 0 Å². The number of carboxylic acid groups (broad SMARTS) is 1. The molecule has 0 radical (unpaired) electrons. The summed E-state index contributed by atoms with van der Waals surface area (Å²) in [5, 5.41) is 19.9. The van der Waals surface area contributed by atoms with Crippen molar-refractivity contribution in [3.05, 3.63) is 11.4 Å². The van der Waals surface area contributed by atoms with Crippen LogP contribution < -0.4 is 5.32 Å². The van der Waals surface area contributed by atoms with E-state index in [0.717, 1.165) is 30.7 Å². The number of hydrogen-bond donors (Lipinski definition) is 2.